The minimum atomic E-state index is 0. The summed E-state index contributed by atoms with van der Waals surface area (Å²) in [6, 6.07) is 0. The van der Waals surface area contributed by atoms with E-state index < -0.39 is 0 Å². The predicted molar refractivity (Wildman–Crippen MR) is 31.6 cm³/mol. The summed E-state index contributed by atoms with van der Waals surface area (Å²) in [4.78, 5) is 0. The standard InChI is InChI=1S/C2H3N9.Ag/c3(1-4-8-9-5-1)2-6-10-11-7-2;/h(H3,3,4,5,6,7,8,9,10,11);. The summed E-state index contributed by atoms with van der Waals surface area (Å²) in [5, 5.41) is 28.2. The van der Waals surface area contributed by atoms with Crippen molar-refractivity contribution in [3.8, 4) is 0 Å². The van der Waals surface area contributed by atoms with Crippen LogP contribution >= 0.6 is 0 Å². The largest absolute Gasteiger partial charge is 0.287 e. The molecule has 2 rings (SSSR count). The fourth-order valence-electron chi connectivity index (χ4n) is 0.530. The van der Waals surface area contributed by atoms with Crippen LogP contribution in [0.5, 0.6) is 0 Å². The number of tetrazole rings is 2. The zero-order valence-electron chi connectivity index (χ0n) is 5.48. The molecule has 0 bridgehead atoms. The molecule has 0 spiro atoms. The van der Waals surface area contributed by atoms with Gasteiger partial charge in [-0.3, -0.25) is 5.32 Å². The van der Waals surface area contributed by atoms with E-state index in [0.29, 0.717) is 11.9 Å². The van der Waals surface area contributed by atoms with Crippen LogP contribution in [-0.4, -0.2) is 41.2 Å². The fourth-order valence-corrected chi connectivity index (χ4v) is 0.530. The van der Waals surface area contributed by atoms with Gasteiger partial charge in [-0.05, 0) is 10.4 Å². The Hall–Kier alpha value is -1.32. The first-order chi connectivity index (χ1) is 5.45. The summed E-state index contributed by atoms with van der Waals surface area (Å²) in [5.74, 6) is 0.595. The molecule has 0 aliphatic rings. The topological polar surface area (TPSA) is 121 Å². The van der Waals surface area contributed by atoms with E-state index in [1.54, 1.807) is 0 Å². The summed E-state index contributed by atoms with van der Waals surface area (Å²) >= 11 is 0. The third kappa shape index (κ3) is 1.84. The number of anilines is 2. The number of aromatic nitrogens is 8. The Morgan fingerprint density at radius 2 is 1.42 bits per heavy atom. The van der Waals surface area contributed by atoms with Crippen LogP contribution in [0.3, 0.4) is 0 Å². The molecule has 0 saturated carbocycles. The Bertz CT molecular complexity index is 265. The average Bonchev–Trinajstić information content (AvgIpc) is 2.60. The van der Waals surface area contributed by atoms with Gasteiger partial charge in [0.1, 0.15) is 0 Å². The van der Waals surface area contributed by atoms with Crippen molar-refractivity contribution in [1.29, 1.82) is 0 Å². The number of hydrogen-bond acceptors (Lipinski definition) is 7. The van der Waals surface area contributed by atoms with Crippen molar-refractivity contribution in [2.45, 2.75) is 0 Å². The number of aromatic amines is 2. The first-order valence-corrected chi connectivity index (χ1v) is 2.69. The number of hydrogen-bond donors (Lipinski definition) is 3. The molecule has 0 aromatic carbocycles. The maximum Gasteiger partial charge on any atom is 0.270 e. The molecule has 9 nitrogen and oxygen atoms in total. The predicted octanol–water partition coefficient (Wildman–Crippen LogP) is -1.55. The molecule has 12 heavy (non-hydrogen) atoms. The third-order valence-corrected chi connectivity index (χ3v) is 0.914. The molecule has 0 aliphatic carbocycles. The maximum atomic E-state index is 3.61. The number of H-pyrrole nitrogens is 2. The first-order valence-electron chi connectivity index (χ1n) is 2.69. The molecule has 0 amide bonds. The smallest absolute Gasteiger partial charge is 0.270 e. The minimum Gasteiger partial charge on any atom is -0.287 e. The molecule has 2 heterocycles. The van der Waals surface area contributed by atoms with E-state index in [0.717, 1.165) is 0 Å². The van der Waals surface area contributed by atoms with Crippen molar-refractivity contribution >= 4 is 11.9 Å². The van der Waals surface area contributed by atoms with Crippen LogP contribution in [0.15, 0.2) is 0 Å². The van der Waals surface area contributed by atoms with Gasteiger partial charge in [0, 0.05) is 22.4 Å². The van der Waals surface area contributed by atoms with Gasteiger partial charge in [0.25, 0.3) is 11.9 Å². The van der Waals surface area contributed by atoms with E-state index >= 15 is 0 Å². The van der Waals surface area contributed by atoms with Crippen LogP contribution in [0.1, 0.15) is 0 Å². The Kier molecular flexibility index (Phi) is 2.85. The van der Waals surface area contributed by atoms with Gasteiger partial charge in [-0.25, -0.2) is 0 Å². The number of rotatable bonds is 2. The summed E-state index contributed by atoms with van der Waals surface area (Å²) in [5.41, 5.74) is 0. The molecule has 67 valence electrons. The molecule has 2 aromatic heterocycles. The van der Waals surface area contributed by atoms with E-state index in [1.807, 2.05) is 0 Å². The summed E-state index contributed by atoms with van der Waals surface area (Å²) in [6.07, 6.45) is 0. The second-order valence-corrected chi connectivity index (χ2v) is 1.60. The number of nitrogens with zero attached hydrogens (tertiary/aromatic N) is 6. The molecule has 3 N–H and O–H groups in total. The Morgan fingerprint density at radius 3 is 1.75 bits per heavy atom. The summed E-state index contributed by atoms with van der Waals surface area (Å²) < 4.78 is 0. The van der Waals surface area contributed by atoms with Crippen molar-refractivity contribution in [3.63, 3.8) is 0 Å². The SMILES string of the molecule is [Ag].n1nc(Nc2nn[nH]n2)n[nH]1. The minimum absolute atomic E-state index is 0. The molecular formula is C2H3AgN9. The monoisotopic (exact) mass is 260 g/mol. The second kappa shape index (κ2) is 3.90. The molecule has 2 aromatic rings. The van der Waals surface area contributed by atoms with Crippen LogP contribution < -0.4 is 5.32 Å². The van der Waals surface area contributed by atoms with Gasteiger partial charge in [-0.15, -0.1) is 10.2 Å². The molecule has 0 aliphatic heterocycles. The van der Waals surface area contributed by atoms with Gasteiger partial charge < -0.3 is 0 Å². The van der Waals surface area contributed by atoms with Crippen molar-refractivity contribution in [3.05, 3.63) is 0 Å². The van der Waals surface area contributed by atoms with Crippen molar-refractivity contribution < 1.29 is 22.4 Å². The molecule has 0 unspecified atom stereocenters. The zero-order chi connectivity index (χ0) is 7.52. The van der Waals surface area contributed by atoms with E-state index in [-0.39, 0.29) is 22.4 Å². The van der Waals surface area contributed by atoms with Crippen LogP contribution in [-0.2, 0) is 22.4 Å². The maximum absolute atomic E-state index is 3.61. The molecule has 1 radical (unpaired) electrons. The van der Waals surface area contributed by atoms with Crippen molar-refractivity contribution in [1.82, 2.24) is 41.2 Å². The quantitative estimate of drug-likeness (QED) is 0.559. The number of nitrogens with one attached hydrogen (secondary N) is 3. The Morgan fingerprint density at radius 1 is 0.917 bits per heavy atom. The zero-order valence-corrected chi connectivity index (χ0v) is 6.97. The second-order valence-electron chi connectivity index (χ2n) is 1.60. The summed E-state index contributed by atoms with van der Waals surface area (Å²) in [6.45, 7) is 0. The Labute approximate surface area is 81.2 Å². The van der Waals surface area contributed by atoms with Gasteiger partial charge >= 0.3 is 0 Å². The molecule has 0 atom stereocenters. The van der Waals surface area contributed by atoms with E-state index in [4.69, 9.17) is 0 Å². The van der Waals surface area contributed by atoms with Gasteiger partial charge in [0.05, 0.1) is 0 Å². The third-order valence-electron chi connectivity index (χ3n) is 0.914. The van der Waals surface area contributed by atoms with Crippen LogP contribution in [0, 0.1) is 0 Å². The first kappa shape index (κ1) is 8.77. The van der Waals surface area contributed by atoms with E-state index in [1.165, 1.54) is 0 Å². The summed E-state index contributed by atoms with van der Waals surface area (Å²) in [7, 11) is 0. The molecule has 10 heteroatoms. The normalized spacial score (nSPS) is 9.00. The van der Waals surface area contributed by atoms with E-state index in [2.05, 4.69) is 46.6 Å². The Balaban J connectivity index is 0.000000720. The van der Waals surface area contributed by atoms with Gasteiger partial charge in [0.15, 0.2) is 0 Å². The average molecular weight is 261 g/mol. The van der Waals surface area contributed by atoms with Crippen LogP contribution in [0.4, 0.5) is 11.9 Å². The van der Waals surface area contributed by atoms with Crippen LogP contribution in [0.2, 0.25) is 0 Å². The van der Waals surface area contributed by atoms with Crippen molar-refractivity contribution in [2.75, 3.05) is 5.32 Å². The van der Waals surface area contributed by atoms with Gasteiger partial charge in [-0.2, -0.15) is 10.4 Å². The molecule has 0 saturated heterocycles. The van der Waals surface area contributed by atoms with E-state index in [9.17, 15) is 0 Å². The van der Waals surface area contributed by atoms with Gasteiger partial charge in [0.2, 0.25) is 0 Å². The molecule has 0 fully saturated rings. The van der Waals surface area contributed by atoms with Gasteiger partial charge in [-0.1, -0.05) is 10.2 Å². The fraction of sp³-hybridized carbons (Fsp3) is 0. The van der Waals surface area contributed by atoms with Crippen LogP contribution in [0.25, 0.3) is 0 Å². The molecular weight excluding hydrogens is 258 g/mol. The van der Waals surface area contributed by atoms with Crippen molar-refractivity contribution in [2.24, 2.45) is 0 Å².